The Morgan fingerprint density at radius 1 is 1.17 bits per heavy atom. The maximum absolute atomic E-state index is 13.1. The molecular formula is C20H19N7O3. The number of ether oxygens (including phenoxy) is 1. The fraction of sp³-hybridized carbons (Fsp3) is 0.250. The van der Waals surface area contributed by atoms with E-state index >= 15 is 0 Å². The number of carbonyl (C=O) groups excluding carboxylic acids is 1. The second-order valence-electron chi connectivity index (χ2n) is 7.08. The average Bonchev–Trinajstić information content (AvgIpc) is 3.47. The Morgan fingerprint density at radius 2 is 2.07 bits per heavy atom. The van der Waals surface area contributed by atoms with Crippen LogP contribution in [0, 0.1) is 6.92 Å². The van der Waals surface area contributed by atoms with Gasteiger partial charge in [-0.25, -0.2) is 14.3 Å². The van der Waals surface area contributed by atoms with Crippen LogP contribution in [0.1, 0.15) is 22.2 Å². The van der Waals surface area contributed by atoms with Crippen LogP contribution in [0.5, 0.6) is 0 Å². The molecule has 5 rings (SSSR count). The van der Waals surface area contributed by atoms with Crippen LogP contribution in [-0.4, -0.2) is 54.1 Å². The fourth-order valence-corrected chi connectivity index (χ4v) is 3.72. The molecule has 1 N–H and O–H groups in total. The minimum atomic E-state index is -0.434. The van der Waals surface area contributed by atoms with Crippen molar-refractivity contribution in [1.29, 1.82) is 0 Å². The lowest BCUT2D eigenvalue weighted by Crippen LogP contribution is -2.44. The van der Waals surface area contributed by atoms with Gasteiger partial charge in [0.1, 0.15) is 17.4 Å². The van der Waals surface area contributed by atoms with Crippen molar-refractivity contribution < 1.29 is 9.53 Å². The molecule has 152 valence electrons. The molecule has 1 aliphatic heterocycles. The zero-order valence-corrected chi connectivity index (χ0v) is 16.2. The lowest BCUT2D eigenvalue weighted by atomic mass is 10.1. The lowest BCUT2D eigenvalue weighted by Gasteiger charge is -2.20. The van der Waals surface area contributed by atoms with E-state index in [2.05, 4.69) is 20.5 Å². The van der Waals surface area contributed by atoms with Crippen LogP contribution in [0.4, 0.5) is 0 Å². The molecule has 10 nitrogen and oxygen atoms in total. The third-order valence-corrected chi connectivity index (χ3v) is 5.15. The average molecular weight is 405 g/mol. The number of aryl methyl sites for hydroxylation is 1. The van der Waals surface area contributed by atoms with Crippen molar-refractivity contribution >= 4 is 11.6 Å². The molecular weight excluding hydrogens is 386 g/mol. The number of aromatic nitrogens is 6. The van der Waals surface area contributed by atoms with Gasteiger partial charge in [-0.3, -0.25) is 14.0 Å². The summed E-state index contributed by atoms with van der Waals surface area (Å²) in [4.78, 5) is 30.0. The van der Waals surface area contributed by atoms with Crippen molar-refractivity contribution in [2.24, 2.45) is 0 Å². The van der Waals surface area contributed by atoms with E-state index in [4.69, 9.17) is 4.74 Å². The van der Waals surface area contributed by atoms with Crippen molar-refractivity contribution in [1.82, 2.24) is 34.3 Å². The van der Waals surface area contributed by atoms with Crippen molar-refractivity contribution in [3.63, 3.8) is 0 Å². The van der Waals surface area contributed by atoms with Crippen molar-refractivity contribution in [2.75, 3.05) is 13.2 Å². The van der Waals surface area contributed by atoms with Crippen LogP contribution in [0.15, 0.2) is 59.8 Å². The first-order chi connectivity index (χ1) is 14.6. The van der Waals surface area contributed by atoms with E-state index < -0.39 is 12.1 Å². The van der Waals surface area contributed by atoms with Crippen LogP contribution >= 0.6 is 0 Å². The summed E-state index contributed by atoms with van der Waals surface area (Å²) in [6, 6.07) is 9.53. The van der Waals surface area contributed by atoms with Gasteiger partial charge in [-0.05, 0) is 31.2 Å². The number of amides is 1. The van der Waals surface area contributed by atoms with Gasteiger partial charge in [0.15, 0.2) is 5.82 Å². The Kier molecular flexibility index (Phi) is 4.40. The van der Waals surface area contributed by atoms with Crippen LogP contribution in [0.25, 0.3) is 11.5 Å². The molecule has 0 aromatic carbocycles. The summed E-state index contributed by atoms with van der Waals surface area (Å²) in [6.45, 7) is 2.35. The highest BCUT2D eigenvalue weighted by Crippen LogP contribution is 2.19. The van der Waals surface area contributed by atoms with E-state index in [9.17, 15) is 9.59 Å². The Bertz CT molecular complexity index is 1280. The van der Waals surface area contributed by atoms with Crippen molar-refractivity contribution in [2.45, 2.75) is 19.0 Å². The molecule has 0 radical (unpaired) electrons. The summed E-state index contributed by atoms with van der Waals surface area (Å²) in [5.74, 6) is 0.234. The van der Waals surface area contributed by atoms with Crippen LogP contribution in [0.2, 0.25) is 0 Å². The standard InChI is InChI=1S/C20H19N7O3/c1-13-19(25-9-3-2-5-16(25)22-13)20(29)23-14-11-30-12-15(14)27-18(28)7-6-17(24-27)26-10-4-8-21-26/h2-10,14-15H,11-12H2,1H3,(H,23,29). The first-order valence-electron chi connectivity index (χ1n) is 9.54. The zero-order chi connectivity index (χ0) is 20.7. The van der Waals surface area contributed by atoms with E-state index in [0.717, 1.165) is 0 Å². The molecule has 0 bridgehead atoms. The summed E-state index contributed by atoms with van der Waals surface area (Å²) < 4.78 is 10.3. The number of pyridine rings is 1. The number of nitrogens with zero attached hydrogens (tertiary/aromatic N) is 6. The van der Waals surface area contributed by atoms with Crippen molar-refractivity contribution in [3.8, 4) is 5.82 Å². The van der Waals surface area contributed by atoms with E-state index in [1.807, 2.05) is 18.2 Å². The van der Waals surface area contributed by atoms with E-state index in [1.54, 1.807) is 46.7 Å². The fourth-order valence-electron chi connectivity index (χ4n) is 3.72. The lowest BCUT2D eigenvalue weighted by molar-refractivity contribution is 0.0918. The van der Waals surface area contributed by atoms with Crippen LogP contribution in [-0.2, 0) is 4.74 Å². The molecule has 5 heterocycles. The smallest absolute Gasteiger partial charge is 0.270 e. The maximum atomic E-state index is 13.1. The largest absolute Gasteiger partial charge is 0.377 e. The highest BCUT2D eigenvalue weighted by molar-refractivity contribution is 5.94. The Balaban J connectivity index is 1.45. The molecule has 1 fully saturated rings. The molecule has 1 aliphatic rings. The molecule has 30 heavy (non-hydrogen) atoms. The van der Waals surface area contributed by atoms with Gasteiger partial charge in [0.25, 0.3) is 11.5 Å². The Labute approximate surface area is 170 Å². The predicted octanol–water partition coefficient (Wildman–Crippen LogP) is 0.755. The molecule has 0 saturated carbocycles. The predicted molar refractivity (Wildman–Crippen MR) is 107 cm³/mol. The molecule has 4 aromatic heterocycles. The molecule has 1 saturated heterocycles. The third kappa shape index (κ3) is 3.07. The quantitative estimate of drug-likeness (QED) is 0.537. The summed E-state index contributed by atoms with van der Waals surface area (Å²) in [7, 11) is 0. The first kappa shape index (κ1) is 18.3. The van der Waals surface area contributed by atoms with Gasteiger partial charge in [0.2, 0.25) is 0 Å². The minimum absolute atomic E-state index is 0.270. The number of rotatable bonds is 4. The van der Waals surface area contributed by atoms with Gasteiger partial charge < -0.3 is 10.1 Å². The Hall–Kier alpha value is -3.79. The molecule has 10 heteroatoms. The zero-order valence-electron chi connectivity index (χ0n) is 16.2. The van der Waals surface area contributed by atoms with Gasteiger partial charge in [-0.1, -0.05) is 6.07 Å². The SMILES string of the molecule is Cc1nc2ccccn2c1C(=O)NC1COCC1n1nc(-n2cccn2)ccc1=O. The number of hydrogen-bond acceptors (Lipinski definition) is 6. The number of fused-ring (bicyclic) bond motifs is 1. The van der Waals surface area contributed by atoms with E-state index in [-0.39, 0.29) is 24.7 Å². The molecule has 0 aliphatic carbocycles. The molecule has 2 atom stereocenters. The number of imidazole rings is 1. The summed E-state index contributed by atoms with van der Waals surface area (Å²) in [5, 5.41) is 11.6. The number of carbonyl (C=O) groups is 1. The third-order valence-electron chi connectivity index (χ3n) is 5.15. The van der Waals surface area contributed by atoms with Gasteiger partial charge in [0.05, 0.1) is 24.9 Å². The van der Waals surface area contributed by atoms with Crippen molar-refractivity contribution in [3.05, 3.63) is 76.7 Å². The van der Waals surface area contributed by atoms with Crippen LogP contribution in [0.3, 0.4) is 0 Å². The van der Waals surface area contributed by atoms with Gasteiger partial charge in [0, 0.05) is 24.7 Å². The summed E-state index contributed by atoms with van der Waals surface area (Å²) in [6.07, 6.45) is 5.18. The van der Waals surface area contributed by atoms with Crippen LogP contribution < -0.4 is 10.9 Å². The molecule has 1 amide bonds. The topological polar surface area (TPSA) is 108 Å². The first-order valence-corrected chi connectivity index (χ1v) is 9.54. The second-order valence-corrected chi connectivity index (χ2v) is 7.08. The minimum Gasteiger partial charge on any atom is -0.377 e. The number of hydrogen-bond donors (Lipinski definition) is 1. The van der Waals surface area contributed by atoms with Gasteiger partial charge >= 0.3 is 0 Å². The molecule has 2 unspecified atom stereocenters. The van der Waals surface area contributed by atoms with Gasteiger partial charge in [-0.15, -0.1) is 5.10 Å². The maximum Gasteiger partial charge on any atom is 0.270 e. The summed E-state index contributed by atoms with van der Waals surface area (Å²) >= 11 is 0. The Morgan fingerprint density at radius 3 is 2.90 bits per heavy atom. The monoisotopic (exact) mass is 405 g/mol. The summed E-state index contributed by atoms with van der Waals surface area (Å²) in [5.41, 5.74) is 1.52. The highest BCUT2D eigenvalue weighted by Gasteiger charge is 2.34. The van der Waals surface area contributed by atoms with E-state index in [0.29, 0.717) is 22.9 Å². The molecule has 0 spiro atoms. The second kappa shape index (κ2) is 7.23. The highest BCUT2D eigenvalue weighted by atomic mass is 16.5. The van der Waals surface area contributed by atoms with E-state index in [1.165, 1.54) is 10.7 Å². The molecule has 4 aromatic rings. The van der Waals surface area contributed by atoms with Gasteiger partial charge in [-0.2, -0.15) is 5.10 Å². The normalized spacial score (nSPS) is 18.7. The number of nitrogens with one attached hydrogen (secondary N) is 1.